The molecule has 0 aliphatic carbocycles. The standard InChI is InChI=1S/C24H25N5O2/c1-17-6-5-10-29-16-19(25-23(17)29)15-28-13-12-27(11-9-22(28)30)24(31)21-14-18-7-3-4-8-20(18)26(21)2/h3-8,10,14,16H,9,11-13,15H2,1-2H3. The Kier molecular flexibility index (Phi) is 4.73. The summed E-state index contributed by atoms with van der Waals surface area (Å²) < 4.78 is 3.92. The Hall–Kier alpha value is -3.61. The number of fused-ring (bicyclic) bond motifs is 2. The van der Waals surface area contributed by atoms with Gasteiger partial charge in [-0.2, -0.15) is 0 Å². The topological polar surface area (TPSA) is 62.9 Å². The van der Waals surface area contributed by atoms with E-state index in [0.29, 0.717) is 38.3 Å². The molecule has 0 bridgehead atoms. The van der Waals surface area contributed by atoms with E-state index >= 15 is 0 Å². The minimum absolute atomic E-state index is 0.0308. The molecule has 5 rings (SSSR count). The fraction of sp³-hybridized carbons (Fsp3) is 0.292. The molecule has 31 heavy (non-hydrogen) atoms. The number of para-hydroxylation sites is 1. The first-order chi connectivity index (χ1) is 15.0. The summed E-state index contributed by atoms with van der Waals surface area (Å²) in [5.74, 6) is 0.0258. The van der Waals surface area contributed by atoms with Gasteiger partial charge in [0.05, 0.1) is 12.2 Å². The molecule has 0 spiro atoms. The first-order valence-corrected chi connectivity index (χ1v) is 10.6. The third kappa shape index (κ3) is 3.46. The molecule has 1 aromatic carbocycles. The third-order valence-electron chi connectivity index (χ3n) is 6.13. The zero-order valence-corrected chi connectivity index (χ0v) is 17.8. The Balaban J connectivity index is 1.33. The van der Waals surface area contributed by atoms with Crippen LogP contribution in [0, 0.1) is 6.92 Å². The number of rotatable bonds is 3. The number of carbonyl (C=O) groups is 2. The van der Waals surface area contributed by atoms with Crippen LogP contribution in [0.5, 0.6) is 0 Å². The highest BCUT2D eigenvalue weighted by Crippen LogP contribution is 2.21. The zero-order valence-electron chi connectivity index (χ0n) is 17.8. The number of amides is 2. The number of benzene rings is 1. The summed E-state index contributed by atoms with van der Waals surface area (Å²) >= 11 is 0. The number of carbonyl (C=O) groups excluding carboxylic acids is 2. The number of hydrogen-bond acceptors (Lipinski definition) is 3. The van der Waals surface area contributed by atoms with Crippen molar-refractivity contribution >= 4 is 28.4 Å². The number of pyridine rings is 1. The molecular formula is C24H25N5O2. The van der Waals surface area contributed by atoms with Crippen LogP contribution in [-0.2, 0) is 18.4 Å². The quantitative estimate of drug-likeness (QED) is 0.517. The summed E-state index contributed by atoms with van der Waals surface area (Å²) in [4.78, 5) is 34.3. The fourth-order valence-corrected chi connectivity index (χ4v) is 4.37. The molecule has 1 saturated heterocycles. The fourth-order valence-electron chi connectivity index (χ4n) is 4.37. The van der Waals surface area contributed by atoms with Gasteiger partial charge >= 0.3 is 0 Å². The number of aromatic nitrogens is 3. The van der Waals surface area contributed by atoms with Crippen LogP contribution in [0.15, 0.2) is 54.9 Å². The number of aryl methyl sites for hydroxylation is 2. The first-order valence-electron chi connectivity index (χ1n) is 10.6. The lowest BCUT2D eigenvalue weighted by Gasteiger charge is -2.22. The van der Waals surface area contributed by atoms with Crippen LogP contribution >= 0.6 is 0 Å². The molecule has 7 heteroatoms. The molecule has 4 aromatic rings. The van der Waals surface area contributed by atoms with Crippen molar-refractivity contribution in [2.75, 3.05) is 19.6 Å². The molecule has 7 nitrogen and oxygen atoms in total. The second-order valence-corrected chi connectivity index (χ2v) is 8.16. The van der Waals surface area contributed by atoms with E-state index in [9.17, 15) is 9.59 Å². The van der Waals surface area contributed by atoms with Crippen molar-refractivity contribution in [3.8, 4) is 0 Å². The van der Waals surface area contributed by atoms with Crippen molar-refractivity contribution in [2.24, 2.45) is 7.05 Å². The van der Waals surface area contributed by atoms with E-state index in [2.05, 4.69) is 0 Å². The Bertz CT molecular complexity index is 1300. The molecule has 1 aliphatic heterocycles. The van der Waals surface area contributed by atoms with E-state index in [1.807, 2.05) is 82.7 Å². The van der Waals surface area contributed by atoms with Gasteiger partial charge in [-0.25, -0.2) is 4.98 Å². The molecule has 1 fully saturated rings. The third-order valence-corrected chi connectivity index (χ3v) is 6.13. The summed E-state index contributed by atoms with van der Waals surface area (Å²) in [6, 6.07) is 13.9. The van der Waals surface area contributed by atoms with Crippen LogP contribution < -0.4 is 0 Å². The van der Waals surface area contributed by atoms with Gasteiger partial charge in [0.25, 0.3) is 5.91 Å². The second kappa shape index (κ2) is 7.58. The van der Waals surface area contributed by atoms with E-state index in [1.165, 1.54) is 0 Å². The van der Waals surface area contributed by atoms with Crippen molar-refractivity contribution in [2.45, 2.75) is 19.9 Å². The van der Waals surface area contributed by atoms with Gasteiger partial charge in [-0.3, -0.25) is 9.59 Å². The molecule has 1 aliphatic rings. The smallest absolute Gasteiger partial charge is 0.270 e. The summed E-state index contributed by atoms with van der Waals surface area (Å²) in [7, 11) is 1.91. The van der Waals surface area contributed by atoms with Crippen LogP contribution in [0.4, 0.5) is 0 Å². The number of hydrogen-bond donors (Lipinski definition) is 0. The minimum atomic E-state index is -0.0308. The van der Waals surface area contributed by atoms with Gasteiger partial charge in [0, 0.05) is 56.4 Å². The average Bonchev–Trinajstić information content (AvgIpc) is 3.28. The maximum absolute atomic E-state index is 13.2. The van der Waals surface area contributed by atoms with E-state index in [1.54, 1.807) is 4.90 Å². The van der Waals surface area contributed by atoms with Crippen LogP contribution in [0.1, 0.15) is 28.2 Å². The van der Waals surface area contributed by atoms with Crippen LogP contribution in [0.2, 0.25) is 0 Å². The Morgan fingerprint density at radius 1 is 1.10 bits per heavy atom. The van der Waals surface area contributed by atoms with Gasteiger partial charge in [-0.1, -0.05) is 24.3 Å². The summed E-state index contributed by atoms with van der Waals surface area (Å²) in [5, 5.41) is 1.04. The van der Waals surface area contributed by atoms with Crippen molar-refractivity contribution in [3.05, 3.63) is 71.8 Å². The highest BCUT2D eigenvalue weighted by molar-refractivity contribution is 5.99. The highest BCUT2D eigenvalue weighted by atomic mass is 16.2. The monoisotopic (exact) mass is 415 g/mol. The lowest BCUT2D eigenvalue weighted by atomic mass is 10.2. The molecule has 0 atom stereocenters. The van der Waals surface area contributed by atoms with Crippen LogP contribution in [0.3, 0.4) is 0 Å². The van der Waals surface area contributed by atoms with Gasteiger partial charge in [0.15, 0.2) is 0 Å². The van der Waals surface area contributed by atoms with E-state index in [4.69, 9.17) is 4.98 Å². The molecule has 0 unspecified atom stereocenters. The minimum Gasteiger partial charge on any atom is -0.340 e. The van der Waals surface area contributed by atoms with Crippen LogP contribution in [0.25, 0.3) is 16.6 Å². The average molecular weight is 415 g/mol. The van der Waals surface area contributed by atoms with E-state index in [0.717, 1.165) is 27.8 Å². The van der Waals surface area contributed by atoms with Gasteiger partial charge in [-0.15, -0.1) is 0 Å². The molecule has 158 valence electrons. The van der Waals surface area contributed by atoms with Gasteiger partial charge < -0.3 is 18.8 Å². The predicted molar refractivity (Wildman–Crippen MR) is 119 cm³/mol. The van der Waals surface area contributed by atoms with Crippen molar-refractivity contribution in [1.82, 2.24) is 23.8 Å². The summed E-state index contributed by atoms with van der Waals surface area (Å²) in [5.41, 5.74) is 4.55. The van der Waals surface area contributed by atoms with E-state index < -0.39 is 0 Å². The summed E-state index contributed by atoms with van der Waals surface area (Å²) in [6.07, 6.45) is 4.26. The molecule has 0 saturated carbocycles. The molecule has 0 radical (unpaired) electrons. The molecular weight excluding hydrogens is 390 g/mol. The highest BCUT2D eigenvalue weighted by Gasteiger charge is 2.26. The Morgan fingerprint density at radius 3 is 2.74 bits per heavy atom. The number of nitrogens with zero attached hydrogens (tertiary/aromatic N) is 5. The summed E-state index contributed by atoms with van der Waals surface area (Å²) in [6.45, 7) is 3.93. The van der Waals surface area contributed by atoms with Gasteiger partial charge in [0.1, 0.15) is 11.3 Å². The SMILES string of the molecule is Cc1cccn2cc(CN3CCN(C(=O)c4cc5ccccc5n4C)CCC3=O)nc12. The van der Waals surface area contributed by atoms with Crippen molar-refractivity contribution in [3.63, 3.8) is 0 Å². The molecule has 0 N–H and O–H groups in total. The van der Waals surface area contributed by atoms with E-state index in [-0.39, 0.29) is 11.8 Å². The first kappa shape index (κ1) is 19.4. The lowest BCUT2D eigenvalue weighted by Crippen LogP contribution is -2.36. The maximum Gasteiger partial charge on any atom is 0.270 e. The van der Waals surface area contributed by atoms with Crippen molar-refractivity contribution < 1.29 is 9.59 Å². The van der Waals surface area contributed by atoms with Gasteiger partial charge in [-0.05, 0) is 30.7 Å². The lowest BCUT2D eigenvalue weighted by molar-refractivity contribution is -0.131. The second-order valence-electron chi connectivity index (χ2n) is 8.16. The molecule has 4 heterocycles. The maximum atomic E-state index is 13.2. The Morgan fingerprint density at radius 2 is 1.94 bits per heavy atom. The van der Waals surface area contributed by atoms with Crippen LogP contribution in [-0.4, -0.2) is 55.2 Å². The molecule has 2 amide bonds. The number of imidazole rings is 1. The zero-order chi connectivity index (χ0) is 21.5. The predicted octanol–water partition coefficient (Wildman–Crippen LogP) is 3.01. The molecule has 3 aromatic heterocycles. The largest absolute Gasteiger partial charge is 0.340 e. The Labute approximate surface area is 180 Å². The van der Waals surface area contributed by atoms with Gasteiger partial charge in [0.2, 0.25) is 5.91 Å². The van der Waals surface area contributed by atoms with Crippen molar-refractivity contribution in [1.29, 1.82) is 0 Å². The normalized spacial score (nSPS) is 15.1.